The lowest BCUT2D eigenvalue weighted by Gasteiger charge is -2.43. The molecule has 0 unspecified atom stereocenters. The van der Waals surface area contributed by atoms with Crippen LogP contribution >= 0.6 is 0 Å². The third-order valence-electron chi connectivity index (χ3n) is 4.82. The molecule has 0 spiro atoms. The largest absolute Gasteiger partial charge is 0.388 e. The molecule has 3 rings (SSSR count). The van der Waals surface area contributed by atoms with Crippen molar-refractivity contribution < 1.29 is 24.1 Å². The second-order valence-electron chi connectivity index (χ2n) is 6.82. The lowest BCUT2D eigenvalue weighted by molar-refractivity contribution is -0.309. The molecule has 5 nitrogen and oxygen atoms in total. The molecule has 0 bridgehead atoms. The summed E-state index contributed by atoms with van der Waals surface area (Å²) >= 11 is 0. The standard InChI is InChI=1S/C23H28O5/c1-3-10-19-20(24)21(26-15-17-11-6-4-7-12-17)22(23(25-2)28-19)27-16-18-13-8-5-9-14-18/h3-9,11-14,19-24H,1,10,15-16H2,2H3/t19-,20-,21-,22+,23-/m0/s1. The van der Waals surface area contributed by atoms with Gasteiger partial charge >= 0.3 is 0 Å². The van der Waals surface area contributed by atoms with Crippen LogP contribution in [-0.2, 0) is 32.2 Å². The fraction of sp³-hybridized carbons (Fsp3) is 0.391. The molecular formula is C23H28O5. The van der Waals surface area contributed by atoms with Crippen LogP contribution in [0.5, 0.6) is 0 Å². The number of rotatable bonds is 9. The number of ether oxygens (including phenoxy) is 4. The second kappa shape index (κ2) is 10.5. The minimum absolute atomic E-state index is 0.366. The highest BCUT2D eigenvalue weighted by molar-refractivity contribution is 5.14. The summed E-state index contributed by atoms with van der Waals surface area (Å²) in [5, 5.41) is 10.9. The molecule has 0 saturated carbocycles. The maximum Gasteiger partial charge on any atom is 0.186 e. The van der Waals surface area contributed by atoms with E-state index in [0.29, 0.717) is 19.6 Å². The van der Waals surface area contributed by atoms with Crippen molar-refractivity contribution in [2.24, 2.45) is 0 Å². The van der Waals surface area contributed by atoms with Crippen molar-refractivity contribution in [2.45, 2.75) is 50.3 Å². The maximum absolute atomic E-state index is 10.9. The minimum Gasteiger partial charge on any atom is -0.388 e. The Labute approximate surface area is 166 Å². The molecule has 2 aromatic rings. The molecule has 1 aliphatic rings. The van der Waals surface area contributed by atoms with E-state index in [2.05, 4.69) is 6.58 Å². The number of hydrogen-bond donors (Lipinski definition) is 1. The molecule has 1 N–H and O–H groups in total. The average molecular weight is 384 g/mol. The summed E-state index contributed by atoms with van der Waals surface area (Å²) in [5.41, 5.74) is 2.05. The molecule has 1 saturated heterocycles. The Morgan fingerprint density at radius 3 is 1.96 bits per heavy atom. The van der Waals surface area contributed by atoms with E-state index in [1.165, 1.54) is 0 Å². The van der Waals surface area contributed by atoms with E-state index < -0.39 is 30.7 Å². The van der Waals surface area contributed by atoms with Gasteiger partial charge in [0.1, 0.15) is 18.3 Å². The molecule has 1 heterocycles. The highest BCUT2D eigenvalue weighted by atomic mass is 16.7. The first kappa shape index (κ1) is 20.7. The summed E-state index contributed by atoms with van der Waals surface area (Å²) in [6.45, 7) is 4.49. The smallest absolute Gasteiger partial charge is 0.186 e. The Hall–Kier alpha value is -2.02. The summed E-state index contributed by atoms with van der Waals surface area (Å²) in [7, 11) is 1.57. The fourth-order valence-electron chi connectivity index (χ4n) is 3.34. The van der Waals surface area contributed by atoms with Gasteiger partial charge < -0.3 is 24.1 Å². The summed E-state index contributed by atoms with van der Waals surface area (Å²) in [6, 6.07) is 19.7. The molecule has 2 aromatic carbocycles. The van der Waals surface area contributed by atoms with E-state index in [9.17, 15) is 5.11 Å². The molecule has 150 valence electrons. The van der Waals surface area contributed by atoms with Crippen molar-refractivity contribution in [3.05, 3.63) is 84.4 Å². The van der Waals surface area contributed by atoms with Gasteiger partial charge in [-0.1, -0.05) is 66.7 Å². The maximum atomic E-state index is 10.9. The Kier molecular flexibility index (Phi) is 7.77. The molecule has 1 fully saturated rings. The van der Waals surface area contributed by atoms with E-state index in [4.69, 9.17) is 18.9 Å². The van der Waals surface area contributed by atoms with Crippen LogP contribution in [0.25, 0.3) is 0 Å². The zero-order valence-electron chi connectivity index (χ0n) is 16.1. The first-order valence-corrected chi connectivity index (χ1v) is 9.51. The highest BCUT2D eigenvalue weighted by Crippen LogP contribution is 2.29. The van der Waals surface area contributed by atoms with E-state index in [-0.39, 0.29) is 0 Å². The second-order valence-corrected chi connectivity index (χ2v) is 6.82. The normalized spacial score (nSPS) is 27.4. The van der Waals surface area contributed by atoms with Gasteiger partial charge in [0.05, 0.1) is 19.3 Å². The van der Waals surface area contributed by atoms with Crippen LogP contribution < -0.4 is 0 Å². The van der Waals surface area contributed by atoms with E-state index in [1.807, 2.05) is 60.7 Å². The number of methoxy groups -OCH3 is 1. The van der Waals surface area contributed by atoms with E-state index in [1.54, 1.807) is 13.2 Å². The third-order valence-corrected chi connectivity index (χ3v) is 4.82. The molecule has 5 heteroatoms. The van der Waals surface area contributed by atoms with Gasteiger partial charge in [0.25, 0.3) is 0 Å². The van der Waals surface area contributed by atoms with Crippen LogP contribution in [0.4, 0.5) is 0 Å². The van der Waals surface area contributed by atoms with Gasteiger partial charge in [0.15, 0.2) is 6.29 Å². The van der Waals surface area contributed by atoms with Crippen LogP contribution in [0.1, 0.15) is 17.5 Å². The first-order valence-electron chi connectivity index (χ1n) is 9.51. The Morgan fingerprint density at radius 2 is 1.46 bits per heavy atom. The molecule has 5 atom stereocenters. The SMILES string of the molecule is C=CC[C@@H]1O[C@H](OC)[C@H](OCc2ccccc2)[C@@H](OCc2ccccc2)[C@H]1O. The van der Waals surface area contributed by atoms with Crippen molar-refractivity contribution in [3.8, 4) is 0 Å². The van der Waals surface area contributed by atoms with Gasteiger partial charge in [-0.05, 0) is 17.5 Å². The van der Waals surface area contributed by atoms with Crippen LogP contribution in [0.3, 0.4) is 0 Å². The number of benzene rings is 2. The quantitative estimate of drug-likeness (QED) is 0.671. The summed E-state index contributed by atoms with van der Waals surface area (Å²) in [6.07, 6.45) is -0.887. The number of aliphatic hydroxyl groups is 1. The lowest BCUT2D eigenvalue weighted by atomic mass is 9.96. The molecule has 0 radical (unpaired) electrons. The predicted octanol–water partition coefficient (Wildman–Crippen LogP) is 3.47. The lowest BCUT2D eigenvalue weighted by Crippen LogP contribution is -2.59. The fourth-order valence-corrected chi connectivity index (χ4v) is 3.34. The first-order chi connectivity index (χ1) is 13.7. The van der Waals surface area contributed by atoms with E-state index >= 15 is 0 Å². The van der Waals surface area contributed by atoms with Crippen molar-refractivity contribution in [1.82, 2.24) is 0 Å². The van der Waals surface area contributed by atoms with Gasteiger partial charge in [-0.2, -0.15) is 0 Å². The monoisotopic (exact) mass is 384 g/mol. The number of aliphatic hydroxyl groups excluding tert-OH is 1. The van der Waals surface area contributed by atoms with Crippen LogP contribution in [0.2, 0.25) is 0 Å². The predicted molar refractivity (Wildman–Crippen MR) is 107 cm³/mol. The molecule has 0 aliphatic carbocycles. The highest BCUT2D eigenvalue weighted by Gasteiger charge is 2.46. The van der Waals surface area contributed by atoms with Gasteiger partial charge in [0, 0.05) is 7.11 Å². The number of hydrogen-bond acceptors (Lipinski definition) is 5. The van der Waals surface area contributed by atoms with Gasteiger partial charge in [-0.15, -0.1) is 6.58 Å². The van der Waals surface area contributed by atoms with Crippen molar-refractivity contribution in [2.75, 3.05) is 7.11 Å². The summed E-state index contributed by atoms with van der Waals surface area (Å²) < 4.78 is 23.7. The van der Waals surface area contributed by atoms with Gasteiger partial charge in [-0.25, -0.2) is 0 Å². The van der Waals surface area contributed by atoms with Crippen molar-refractivity contribution >= 4 is 0 Å². The third kappa shape index (κ3) is 5.28. The van der Waals surface area contributed by atoms with Crippen molar-refractivity contribution in [3.63, 3.8) is 0 Å². The molecule has 0 amide bonds. The minimum atomic E-state index is -0.853. The topological polar surface area (TPSA) is 57.2 Å². The average Bonchev–Trinajstić information content (AvgIpc) is 2.74. The van der Waals surface area contributed by atoms with Crippen molar-refractivity contribution in [1.29, 1.82) is 0 Å². The Balaban J connectivity index is 1.75. The van der Waals surface area contributed by atoms with Crippen LogP contribution in [0, 0.1) is 0 Å². The summed E-state index contributed by atoms with van der Waals surface area (Å²) in [5.74, 6) is 0. The van der Waals surface area contributed by atoms with Crippen LogP contribution in [0.15, 0.2) is 73.3 Å². The van der Waals surface area contributed by atoms with Gasteiger partial charge in [-0.3, -0.25) is 0 Å². The van der Waals surface area contributed by atoms with Crippen LogP contribution in [-0.4, -0.2) is 42.9 Å². The molecule has 28 heavy (non-hydrogen) atoms. The molecule has 1 aliphatic heterocycles. The van der Waals surface area contributed by atoms with Gasteiger partial charge in [0.2, 0.25) is 0 Å². The summed E-state index contributed by atoms with van der Waals surface area (Å²) in [4.78, 5) is 0. The Morgan fingerprint density at radius 1 is 0.929 bits per heavy atom. The molecule has 0 aromatic heterocycles. The molecular weight excluding hydrogens is 356 g/mol. The Bertz CT molecular complexity index is 705. The van der Waals surface area contributed by atoms with E-state index in [0.717, 1.165) is 11.1 Å². The zero-order valence-corrected chi connectivity index (χ0v) is 16.1. The zero-order chi connectivity index (χ0) is 19.8.